The fourth-order valence-electron chi connectivity index (χ4n) is 3.48. The third kappa shape index (κ3) is 4.24. The number of carboxylic acid groups (broad SMARTS) is 1. The average molecular weight is 389 g/mol. The number of aromatic nitrogens is 1. The molecule has 0 saturated carbocycles. The number of hydrogen-bond acceptors (Lipinski definition) is 4. The van der Waals surface area contributed by atoms with Crippen LogP contribution in [0.1, 0.15) is 49.6 Å². The standard InChI is InChI=1S/C24H23NO4/c1-14-15(2)24(29)21(16(3)23(14)28)22-19(5-4-12-25-22)13-18-8-6-17(7-9-18)10-11-20(26)27/h4-9,12H,10-11,13H2,1-3H3,(H,26,27). The molecular weight excluding hydrogens is 366 g/mol. The second-order valence-corrected chi connectivity index (χ2v) is 7.31. The lowest BCUT2D eigenvalue weighted by Crippen LogP contribution is -2.21. The van der Waals surface area contributed by atoms with E-state index in [1.165, 1.54) is 0 Å². The fourth-order valence-corrected chi connectivity index (χ4v) is 3.48. The van der Waals surface area contributed by atoms with Crippen LogP contribution in [0.2, 0.25) is 0 Å². The minimum absolute atomic E-state index is 0.0992. The maximum atomic E-state index is 12.9. The van der Waals surface area contributed by atoms with Crippen molar-refractivity contribution in [3.8, 4) is 0 Å². The van der Waals surface area contributed by atoms with E-state index in [9.17, 15) is 14.4 Å². The van der Waals surface area contributed by atoms with Gasteiger partial charge in [0, 0.05) is 29.3 Å². The van der Waals surface area contributed by atoms with Gasteiger partial charge in [0.05, 0.1) is 11.3 Å². The van der Waals surface area contributed by atoms with E-state index in [-0.39, 0.29) is 18.0 Å². The first-order chi connectivity index (χ1) is 13.8. The minimum atomic E-state index is -0.816. The molecule has 1 aliphatic rings. The molecule has 1 aliphatic carbocycles. The average Bonchev–Trinajstić information content (AvgIpc) is 2.71. The van der Waals surface area contributed by atoms with Crippen LogP contribution in [0.25, 0.3) is 5.57 Å². The van der Waals surface area contributed by atoms with Gasteiger partial charge in [-0.1, -0.05) is 30.3 Å². The van der Waals surface area contributed by atoms with Crippen molar-refractivity contribution in [2.45, 2.75) is 40.0 Å². The summed E-state index contributed by atoms with van der Waals surface area (Å²) in [6.07, 6.45) is 2.78. The van der Waals surface area contributed by atoms with Gasteiger partial charge in [-0.05, 0) is 56.4 Å². The first-order valence-electron chi connectivity index (χ1n) is 9.51. The Bertz CT molecular complexity index is 1060. The maximum absolute atomic E-state index is 12.9. The zero-order valence-corrected chi connectivity index (χ0v) is 16.8. The van der Waals surface area contributed by atoms with Crippen LogP contribution < -0.4 is 0 Å². The Morgan fingerprint density at radius 3 is 2.17 bits per heavy atom. The number of pyridine rings is 1. The second kappa shape index (κ2) is 8.35. The van der Waals surface area contributed by atoms with Crippen molar-refractivity contribution in [1.82, 2.24) is 4.98 Å². The van der Waals surface area contributed by atoms with E-state index in [0.717, 1.165) is 16.7 Å². The normalized spacial score (nSPS) is 14.6. The Hall–Kier alpha value is -3.34. The highest BCUT2D eigenvalue weighted by Gasteiger charge is 2.30. The Morgan fingerprint density at radius 2 is 1.52 bits per heavy atom. The van der Waals surface area contributed by atoms with Crippen LogP contribution in [0.4, 0.5) is 0 Å². The van der Waals surface area contributed by atoms with Gasteiger partial charge >= 0.3 is 5.97 Å². The fraction of sp³-hybridized carbons (Fsp3) is 0.250. The van der Waals surface area contributed by atoms with Crippen LogP contribution in [0.5, 0.6) is 0 Å². The van der Waals surface area contributed by atoms with Crippen LogP contribution >= 0.6 is 0 Å². The van der Waals surface area contributed by atoms with E-state index in [0.29, 0.717) is 40.8 Å². The van der Waals surface area contributed by atoms with Crippen LogP contribution in [-0.4, -0.2) is 27.6 Å². The van der Waals surface area contributed by atoms with E-state index >= 15 is 0 Å². The number of carbonyl (C=O) groups is 3. The topological polar surface area (TPSA) is 84.3 Å². The summed E-state index contributed by atoms with van der Waals surface area (Å²) >= 11 is 0. The third-order valence-corrected chi connectivity index (χ3v) is 5.36. The lowest BCUT2D eigenvalue weighted by atomic mass is 9.83. The van der Waals surface area contributed by atoms with Crippen molar-refractivity contribution < 1.29 is 19.5 Å². The Labute approximate surface area is 169 Å². The van der Waals surface area contributed by atoms with Crippen molar-refractivity contribution in [1.29, 1.82) is 0 Å². The molecule has 0 fully saturated rings. The van der Waals surface area contributed by atoms with E-state index in [2.05, 4.69) is 4.98 Å². The lowest BCUT2D eigenvalue weighted by Gasteiger charge is -2.20. The van der Waals surface area contributed by atoms with E-state index in [1.54, 1.807) is 27.0 Å². The second-order valence-electron chi connectivity index (χ2n) is 7.31. The molecule has 0 radical (unpaired) electrons. The predicted octanol–water partition coefficient (Wildman–Crippen LogP) is 3.95. The van der Waals surface area contributed by atoms with Crippen LogP contribution in [0.15, 0.2) is 59.3 Å². The highest BCUT2D eigenvalue weighted by Crippen LogP contribution is 2.32. The molecule has 0 amide bonds. The molecule has 29 heavy (non-hydrogen) atoms. The Kier molecular flexibility index (Phi) is 5.87. The highest BCUT2D eigenvalue weighted by atomic mass is 16.4. The first kappa shape index (κ1) is 20.4. The van der Waals surface area contributed by atoms with Crippen molar-refractivity contribution in [3.05, 3.63) is 81.7 Å². The van der Waals surface area contributed by atoms with Gasteiger partial charge in [0.15, 0.2) is 11.6 Å². The van der Waals surface area contributed by atoms with Gasteiger partial charge in [0.2, 0.25) is 0 Å². The number of nitrogens with zero attached hydrogens (tertiary/aromatic N) is 1. The molecule has 0 atom stereocenters. The molecule has 0 aliphatic heterocycles. The van der Waals surface area contributed by atoms with Crippen molar-refractivity contribution in [2.24, 2.45) is 0 Å². The zero-order valence-electron chi connectivity index (χ0n) is 16.8. The molecule has 3 rings (SSSR count). The zero-order chi connectivity index (χ0) is 21.1. The lowest BCUT2D eigenvalue weighted by molar-refractivity contribution is -0.137. The van der Waals surface area contributed by atoms with Crippen LogP contribution in [0, 0.1) is 0 Å². The van der Waals surface area contributed by atoms with E-state index in [1.807, 2.05) is 36.4 Å². The molecule has 2 aromatic rings. The number of allylic oxidation sites excluding steroid dienone is 4. The summed E-state index contributed by atoms with van der Waals surface area (Å²) in [4.78, 5) is 40.6. The van der Waals surface area contributed by atoms with E-state index < -0.39 is 5.97 Å². The summed E-state index contributed by atoms with van der Waals surface area (Å²) < 4.78 is 0. The maximum Gasteiger partial charge on any atom is 0.303 e. The minimum Gasteiger partial charge on any atom is -0.481 e. The number of benzene rings is 1. The Morgan fingerprint density at radius 1 is 0.897 bits per heavy atom. The molecule has 1 heterocycles. The van der Waals surface area contributed by atoms with Crippen molar-refractivity contribution >= 4 is 23.1 Å². The molecule has 0 spiro atoms. The monoisotopic (exact) mass is 389 g/mol. The number of rotatable bonds is 6. The van der Waals surface area contributed by atoms with Gasteiger partial charge in [0.1, 0.15) is 0 Å². The Balaban J connectivity index is 1.92. The van der Waals surface area contributed by atoms with Gasteiger partial charge in [-0.25, -0.2) is 0 Å². The summed E-state index contributed by atoms with van der Waals surface area (Å²) in [7, 11) is 0. The molecule has 1 N–H and O–H groups in total. The van der Waals surface area contributed by atoms with Gasteiger partial charge in [-0.15, -0.1) is 0 Å². The SMILES string of the molecule is CC1=C(C)C(=O)C(c2ncccc2Cc2ccc(CCC(=O)O)cc2)=C(C)C1=O. The summed E-state index contributed by atoms with van der Waals surface area (Å²) in [5.41, 5.74) is 5.17. The predicted molar refractivity (Wildman–Crippen MR) is 110 cm³/mol. The molecule has 0 bridgehead atoms. The quantitative estimate of drug-likeness (QED) is 0.756. The van der Waals surface area contributed by atoms with Gasteiger partial charge in [0.25, 0.3) is 0 Å². The largest absolute Gasteiger partial charge is 0.481 e. The molecule has 1 aromatic carbocycles. The molecule has 1 aromatic heterocycles. The number of ketones is 2. The number of carboxylic acids is 1. The van der Waals surface area contributed by atoms with Gasteiger partial charge in [-0.3, -0.25) is 19.4 Å². The summed E-state index contributed by atoms with van der Waals surface area (Å²) in [5, 5.41) is 8.81. The van der Waals surface area contributed by atoms with Gasteiger partial charge in [-0.2, -0.15) is 0 Å². The van der Waals surface area contributed by atoms with Crippen LogP contribution in [0.3, 0.4) is 0 Å². The number of aryl methyl sites for hydroxylation is 1. The van der Waals surface area contributed by atoms with Crippen LogP contribution in [-0.2, 0) is 27.2 Å². The van der Waals surface area contributed by atoms with Crippen molar-refractivity contribution in [2.75, 3.05) is 0 Å². The molecule has 0 unspecified atom stereocenters. The van der Waals surface area contributed by atoms with E-state index in [4.69, 9.17) is 5.11 Å². The summed E-state index contributed by atoms with van der Waals surface area (Å²) in [6.45, 7) is 5.04. The van der Waals surface area contributed by atoms with Gasteiger partial charge < -0.3 is 5.11 Å². The summed E-state index contributed by atoms with van der Waals surface area (Å²) in [5.74, 6) is -1.08. The number of carbonyl (C=O) groups excluding carboxylic acids is 2. The number of Topliss-reactive ketones (excluding diaryl/α,β-unsaturated/α-hetero) is 2. The molecular formula is C24H23NO4. The molecule has 5 heteroatoms. The first-order valence-corrected chi connectivity index (χ1v) is 9.51. The third-order valence-electron chi connectivity index (χ3n) is 5.36. The van der Waals surface area contributed by atoms with Crippen molar-refractivity contribution in [3.63, 3.8) is 0 Å². The molecule has 0 saturated heterocycles. The molecule has 148 valence electrons. The number of hydrogen-bond donors (Lipinski definition) is 1. The summed E-state index contributed by atoms with van der Waals surface area (Å²) in [6, 6.07) is 11.5. The number of aliphatic carboxylic acids is 1. The molecule has 5 nitrogen and oxygen atoms in total. The smallest absolute Gasteiger partial charge is 0.303 e. The highest BCUT2D eigenvalue weighted by molar-refractivity contribution is 6.38.